The fraction of sp³-hybridized carbons (Fsp3) is 1.00. The van der Waals surface area contributed by atoms with Crippen molar-refractivity contribution in [2.45, 2.75) is 32.4 Å². The van der Waals surface area contributed by atoms with Gasteiger partial charge in [0.2, 0.25) is 0 Å². The Kier molecular flexibility index (Phi) is 3.42. The third kappa shape index (κ3) is 1.95. The molecule has 2 aliphatic rings. The first-order valence-corrected chi connectivity index (χ1v) is 6.05. The summed E-state index contributed by atoms with van der Waals surface area (Å²) in [6, 6.07) is 1.50. The summed E-state index contributed by atoms with van der Waals surface area (Å²) < 4.78 is 0. The van der Waals surface area contributed by atoms with Crippen LogP contribution in [0.15, 0.2) is 0 Å². The van der Waals surface area contributed by atoms with Crippen LogP contribution < -0.4 is 5.32 Å². The Bertz CT molecular complexity index is 179. The summed E-state index contributed by atoms with van der Waals surface area (Å²) >= 11 is 0. The van der Waals surface area contributed by atoms with E-state index >= 15 is 0 Å². The van der Waals surface area contributed by atoms with E-state index in [0.29, 0.717) is 0 Å². The second-order valence-corrected chi connectivity index (χ2v) is 4.44. The molecule has 0 aliphatic carbocycles. The third-order valence-corrected chi connectivity index (χ3v) is 3.78. The molecule has 0 saturated carbocycles. The Balaban J connectivity index is 1.97. The molecule has 2 aliphatic heterocycles. The van der Waals surface area contributed by atoms with E-state index < -0.39 is 0 Å². The Hall–Kier alpha value is -0.120. The van der Waals surface area contributed by atoms with Gasteiger partial charge in [0.15, 0.2) is 0 Å². The van der Waals surface area contributed by atoms with E-state index in [1.54, 1.807) is 0 Å². The monoisotopic (exact) mass is 197 g/mol. The lowest BCUT2D eigenvalue weighted by Gasteiger charge is -2.47. The molecule has 3 nitrogen and oxygen atoms in total. The maximum Gasteiger partial charge on any atom is 0.0352 e. The largest absolute Gasteiger partial charge is 0.310 e. The van der Waals surface area contributed by atoms with Crippen LogP contribution in [0.3, 0.4) is 0 Å². The standard InChI is InChI=1S/C11H23N3/c1-3-14(4-2)11-5-7-13-8-6-12-10(11)9-13/h10-12H,3-9H2,1-2H3/t10-,11-/m0/s1. The molecule has 2 fully saturated rings. The van der Waals surface area contributed by atoms with Gasteiger partial charge in [-0.05, 0) is 26.1 Å². The van der Waals surface area contributed by atoms with E-state index in [1.807, 2.05) is 0 Å². The maximum atomic E-state index is 3.67. The lowest BCUT2D eigenvalue weighted by molar-refractivity contribution is 0.0582. The van der Waals surface area contributed by atoms with Crippen LogP contribution >= 0.6 is 0 Å². The van der Waals surface area contributed by atoms with Crippen LogP contribution in [0.1, 0.15) is 20.3 Å². The van der Waals surface area contributed by atoms with E-state index in [4.69, 9.17) is 0 Å². The first-order chi connectivity index (χ1) is 6.85. The summed E-state index contributed by atoms with van der Waals surface area (Å²) in [5, 5.41) is 3.67. The van der Waals surface area contributed by atoms with E-state index in [-0.39, 0.29) is 0 Å². The summed E-state index contributed by atoms with van der Waals surface area (Å²) in [5.74, 6) is 0. The molecule has 0 spiro atoms. The minimum atomic E-state index is 0.720. The predicted octanol–water partition coefficient (Wildman–Crippen LogP) is 0.374. The molecule has 0 aromatic heterocycles. The maximum absolute atomic E-state index is 3.67. The molecule has 2 saturated heterocycles. The van der Waals surface area contributed by atoms with E-state index in [9.17, 15) is 0 Å². The van der Waals surface area contributed by atoms with Gasteiger partial charge in [0.25, 0.3) is 0 Å². The van der Waals surface area contributed by atoms with Crippen LogP contribution in [0, 0.1) is 0 Å². The molecule has 1 unspecified atom stereocenters. The number of hydrogen-bond acceptors (Lipinski definition) is 3. The fourth-order valence-corrected chi connectivity index (χ4v) is 2.95. The van der Waals surface area contributed by atoms with Gasteiger partial charge in [0.05, 0.1) is 0 Å². The molecule has 0 aromatic rings. The lowest BCUT2D eigenvalue weighted by Crippen LogP contribution is -2.64. The summed E-state index contributed by atoms with van der Waals surface area (Å²) in [6.07, 6.45) is 1.35. The fourth-order valence-electron chi connectivity index (χ4n) is 2.95. The van der Waals surface area contributed by atoms with Crippen LogP contribution in [0.5, 0.6) is 0 Å². The normalized spacial score (nSPS) is 37.5. The van der Waals surface area contributed by atoms with Crippen LogP contribution in [0.2, 0.25) is 0 Å². The summed E-state index contributed by atoms with van der Waals surface area (Å²) in [6.45, 7) is 11.9. The van der Waals surface area contributed by atoms with E-state index in [1.165, 1.54) is 45.7 Å². The van der Waals surface area contributed by atoms with Crippen molar-refractivity contribution >= 4 is 0 Å². The molecule has 2 heterocycles. The molecule has 3 heteroatoms. The molecular weight excluding hydrogens is 174 g/mol. The zero-order valence-electron chi connectivity index (χ0n) is 9.50. The molecule has 82 valence electrons. The molecule has 2 bridgehead atoms. The minimum Gasteiger partial charge on any atom is -0.310 e. The van der Waals surface area contributed by atoms with Crippen molar-refractivity contribution in [1.82, 2.24) is 15.1 Å². The van der Waals surface area contributed by atoms with Crippen LogP contribution in [-0.4, -0.2) is 61.2 Å². The number of nitrogens with one attached hydrogen (secondary N) is 1. The molecule has 0 aromatic carbocycles. The topological polar surface area (TPSA) is 18.5 Å². The van der Waals surface area contributed by atoms with Crippen molar-refractivity contribution < 1.29 is 0 Å². The van der Waals surface area contributed by atoms with Crippen molar-refractivity contribution in [3.8, 4) is 0 Å². The molecule has 0 radical (unpaired) electrons. The summed E-state index contributed by atoms with van der Waals surface area (Å²) in [5.41, 5.74) is 0. The first kappa shape index (κ1) is 10.4. The number of likely N-dealkylation sites (N-methyl/N-ethyl adjacent to an activating group) is 1. The number of hydrogen-bond donors (Lipinski definition) is 1. The van der Waals surface area contributed by atoms with Gasteiger partial charge in [-0.2, -0.15) is 0 Å². The van der Waals surface area contributed by atoms with Crippen LogP contribution in [-0.2, 0) is 0 Å². The third-order valence-electron chi connectivity index (χ3n) is 3.78. The van der Waals surface area contributed by atoms with Crippen LogP contribution in [0.4, 0.5) is 0 Å². The molecular formula is C11H23N3. The van der Waals surface area contributed by atoms with Gasteiger partial charge < -0.3 is 10.2 Å². The highest BCUT2D eigenvalue weighted by molar-refractivity contribution is 4.94. The van der Waals surface area contributed by atoms with Gasteiger partial charge in [-0.15, -0.1) is 0 Å². The van der Waals surface area contributed by atoms with Gasteiger partial charge in [-0.25, -0.2) is 0 Å². The van der Waals surface area contributed by atoms with Gasteiger partial charge in [-0.3, -0.25) is 4.90 Å². The van der Waals surface area contributed by atoms with Crippen molar-refractivity contribution in [3.05, 3.63) is 0 Å². The summed E-state index contributed by atoms with van der Waals surface area (Å²) in [4.78, 5) is 5.21. The molecule has 14 heavy (non-hydrogen) atoms. The number of piperazine rings is 1. The minimum absolute atomic E-state index is 0.720. The highest BCUT2D eigenvalue weighted by atomic mass is 15.3. The summed E-state index contributed by atoms with van der Waals surface area (Å²) in [7, 11) is 0. The molecule has 3 atom stereocenters. The highest BCUT2D eigenvalue weighted by Crippen LogP contribution is 2.18. The Morgan fingerprint density at radius 1 is 1.29 bits per heavy atom. The average Bonchev–Trinajstić information content (AvgIpc) is 2.23. The molecule has 1 N–H and O–H groups in total. The van der Waals surface area contributed by atoms with E-state index in [0.717, 1.165) is 12.1 Å². The molecule has 0 amide bonds. The van der Waals surface area contributed by atoms with Crippen molar-refractivity contribution in [2.75, 3.05) is 39.3 Å². The predicted molar refractivity (Wildman–Crippen MR) is 59.6 cm³/mol. The van der Waals surface area contributed by atoms with Gasteiger partial charge in [0.1, 0.15) is 0 Å². The molecule has 2 rings (SSSR count). The van der Waals surface area contributed by atoms with Crippen LogP contribution in [0.25, 0.3) is 0 Å². The Labute approximate surface area is 87.4 Å². The van der Waals surface area contributed by atoms with Crippen molar-refractivity contribution in [2.24, 2.45) is 0 Å². The smallest absolute Gasteiger partial charge is 0.0352 e. The van der Waals surface area contributed by atoms with Gasteiger partial charge >= 0.3 is 0 Å². The van der Waals surface area contributed by atoms with Gasteiger partial charge in [-0.1, -0.05) is 13.8 Å². The van der Waals surface area contributed by atoms with E-state index in [2.05, 4.69) is 29.0 Å². The Morgan fingerprint density at radius 2 is 2.07 bits per heavy atom. The zero-order chi connectivity index (χ0) is 9.97. The number of piperidine rings is 1. The second kappa shape index (κ2) is 4.60. The Morgan fingerprint density at radius 3 is 2.79 bits per heavy atom. The number of rotatable bonds is 3. The SMILES string of the molecule is CCN(CC)[C@H]1CCN2CCN[C@H]1C2. The lowest BCUT2D eigenvalue weighted by atomic mass is 9.95. The average molecular weight is 197 g/mol. The van der Waals surface area contributed by atoms with Gasteiger partial charge in [0, 0.05) is 31.7 Å². The zero-order valence-corrected chi connectivity index (χ0v) is 9.50. The van der Waals surface area contributed by atoms with Crippen molar-refractivity contribution in [3.63, 3.8) is 0 Å². The quantitative estimate of drug-likeness (QED) is 0.705. The number of fused-ring (bicyclic) bond motifs is 2. The highest BCUT2D eigenvalue weighted by Gasteiger charge is 2.33. The number of nitrogens with zero attached hydrogens (tertiary/aromatic N) is 2. The second-order valence-electron chi connectivity index (χ2n) is 4.44. The van der Waals surface area contributed by atoms with Crippen molar-refractivity contribution in [1.29, 1.82) is 0 Å². The first-order valence-electron chi connectivity index (χ1n) is 6.05.